The maximum absolute atomic E-state index is 12.4. The Morgan fingerprint density at radius 3 is 2.14 bits per heavy atom. The average molecular weight is 497 g/mol. The van der Waals surface area contributed by atoms with Crippen molar-refractivity contribution >= 4 is 18.1 Å². The molecule has 0 aliphatic carbocycles. The first kappa shape index (κ1) is 26.5. The van der Waals surface area contributed by atoms with Crippen LogP contribution in [-0.4, -0.2) is 24.7 Å². The van der Waals surface area contributed by atoms with Crippen LogP contribution in [0, 0.1) is 82.9 Å². The lowest BCUT2D eigenvalue weighted by atomic mass is 9.89. The number of hydrogen-bond donors (Lipinski definition) is 2. The molecular formula is C30H44N2O4. The van der Waals surface area contributed by atoms with Crippen molar-refractivity contribution in [3.63, 3.8) is 0 Å². The summed E-state index contributed by atoms with van der Waals surface area (Å²) in [5.74, 6) is 35.8. The zero-order valence-electron chi connectivity index (χ0n) is 19.7. The summed E-state index contributed by atoms with van der Waals surface area (Å²) in [6.07, 6.45) is 0.201. The molecule has 6 heteroatoms. The van der Waals surface area contributed by atoms with E-state index in [-0.39, 0.29) is 36.1 Å². The largest absolute Gasteiger partial charge is 0.493 e. The van der Waals surface area contributed by atoms with Gasteiger partial charge in [-0.1, -0.05) is 17.9 Å². The number of allylic oxidation sites excluding steroid dienone is 1. The second kappa shape index (κ2) is 14.4. The van der Waals surface area contributed by atoms with Crippen LogP contribution in [0.5, 0.6) is 5.75 Å². The lowest BCUT2D eigenvalue weighted by Crippen LogP contribution is -2.45. The summed E-state index contributed by atoms with van der Waals surface area (Å²) in [4.78, 5) is 35.8. The molecule has 198 valence electrons. The van der Waals surface area contributed by atoms with Crippen LogP contribution in [0.2, 0.25) is 0 Å². The van der Waals surface area contributed by atoms with Crippen LogP contribution in [0.15, 0.2) is 29.5 Å². The van der Waals surface area contributed by atoms with Crippen molar-refractivity contribution in [3.8, 4) is 88.6 Å². The van der Waals surface area contributed by atoms with Crippen LogP contribution in [0.3, 0.4) is 0 Å². The predicted molar refractivity (Wildman–Crippen MR) is 162 cm³/mol. The Morgan fingerprint density at radius 1 is 1.00 bits per heavy atom. The molecule has 0 bridgehead atoms. The Labute approximate surface area is 229 Å². The number of nitrogens with one attached hydrogen (secondary N) is 2. The molecule has 6 nitrogen and oxygen atoms in total. The van der Waals surface area contributed by atoms with Gasteiger partial charge in [0.2, 0.25) is 5.78 Å². The number of amides is 2. The van der Waals surface area contributed by atoms with Crippen molar-refractivity contribution in [1.29, 1.82) is 0 Å². The van der Waals surface area contributed by atoms with Crippen molar-refractivity contribution in [1.82, 2.24) is 10.6 Å². The van der Waals surface area contributed by atoms with Crippen LogP contribution < -0.4 is 15.4 Å². The Morgan fingerprint density at radius 2 is 1.58 bits per heavy atom. The maximum Gasteiger partial charge on any atom is 0.319 e. The number of aldehydes is 1. The molecule has 0 saturated heterocycles. The lowest BCUT2D eigenvalue weighted by molar-refractivity contribution is -0.127. The van der Waals surface area contributed by atoms with Gasteiger partial charge < -0.3 is 15.4 Å². The number of carbonyl (C=O) groups excluding carboxylic acids is 3. The van der Waals surface area contributed by atoms with Crippen LogP contribution in [0.4, 0.5) is 4.79 Å². The van der Waals surface area contributed by atoms with E-state index >= 15 is 0 Å². The third-order valence-electron chi connectivity index (χ3n) is 4.31. The number of carbonyl (C=O) groups is 3. The molecule has 1 unspecified atom stereocenters. The first-order chi connectivity index (χ1) is 17.5. The summed E-state index contributed by atoms with van der Waals surface area (Å²) in [6.45, 7) is 5.36. The van der Waals surface area contributed by atoms with E-state index in [0.29, 0.717) is 23.5 Å². The minimum absolute atomic E-state index is 0. The summed E-state index contributed by atoms with van der Waals surface area (Å²) < 4.78 is 5.72. The van der Waals surface area contributed by atoms with Crippen LogP contribution in [0.25, 0.3) is 0 Å². The second-order valence-corrected chi connectivity index (χ2v) is 6.58. The third kappa shape index (κ3) is 7.71. The molecule has 2 rings (SSSR count). The summed E-state index contributed by atoms with van der Waals surface area (Å²) in [7, 11) is 0. The maximum atomic E-state index is 12.4. The standard InChI is InChI=1S/C30H18N2O4.13H2/c1-4-6-7-8-9-10-11-12-13-14-15-16-17-19-24-20-18-21-26(36-5-2)28(24)29-27(25(34)22-33)23(3)31-30(35)32-29;;;;;;;;;;;;;/h18,20-22,29H,5H2,1-3H3,(H2,31,32,35);13*1H. The van der Waals surface area contributed by atoms with Gasteiger partial charge in [0.25, 0.3) is 0 Å². The molecule has 1 aliphatic rings. The van der Waals surface area contributed by atoms with Gasteiger partial charge in [0, 0.05) is 40.9 Å². The highest BCUT2D eigenvalue weighted by Crippen LogP contribution is 2.35. The zero-order chi connectivity index (χ0) is 26.2. The van der Waals surface area contributed by atoms with Gasteiger partial charge in [-0.2, -0.15) is 0 Å². The Balaban J connectivity index is -0.000000105. The van der Waals surface area contributed by atoms with Crippen LogP contribution in [0.1, 0.15) is 56.5 Å². The Hall–Kier alpha value is -5.71. The van der Waals surface area contributed by atoms with Gasteiger partial charge in [-0.3, -0.25) is 9.59 Å². The predicted octanol–water partition coefficient (Wildman–Crippen LogP) is 5.07. The van der Waals surface area contributed by atoms with Gasteiger partial charge in [0.1, 0.15) is 5.75 Å². The minimum atomic E-state index is -0.939. The summed E-state index contributed by atoms with van der Waals surface area (Å²) in [5, 5.41) is 5.20. The van der Waals surface area contributed by atoms with Crippen molar-refractivity contribution < 1.29 is 37.7 Å². The topological polar surface area (TPSA) is 84.5 Å². The molecule has 0 saturated carbocycles. The summed E-state index contributed by atoms with van der Waals surface area (Å²) in [6, 6.07) is 3.66. The quantitative estimate of drug-likeness (QED) is 0.339. The van der Waals surface area contributed by atoms with E-state index in [0.717, 1.165) is 0 Å². The van der Waals surface area contributed by atoms with E-state index in [1.807, 2.05) is 0 Å². The van der Waals surface area contributed by atoms with E-state index in [1.54, 1.807) is 39.0 Å². The Bertz CT molecular complexity index is 1600. The first-order valence-corrected chi connectivity index (χ1v) is 10.5. The normalized spacial score (nSPS) is 12.3. The van der Waals surface area contributed by atoms with Gasteiger partial charge in [-0.15, -0.1) is 0 Å². The van der Waals surface area contributed by atoms with Gasteiger partial charge in [0.15, 0.2) is 6.29 Å². The monoisotopic (exact) mass is 496 g/mol. The number of ether oxygens (including phenoxy) is 1. The fourth-order valence-corrected chi connectivity index (χ4v) is 3.01. The van der Waals surface area contributed by atoms with Gasteiger partial charge >= 0.3 is 6.03 Å². The van der Waals surface area contributed by atoms with E-state index in [9.17, 15) is 14.4 Å². The molecule has 2 amide bonds. The number of hydrogen-bond acceptors (Lipinski definition) is 4. The molecule has 1 aliphatic heterocycles. The highest BCUT2D eigenvalue weighted by Gasteiger charge is 2.34. The fourth-order valence-electron chi connectivity index (χ4n) is 3.01. The number of rotatable bonds is 5. The van der Waals surface area contributed by atoms with Crippen LogP contribution >= 0.6 is 0 Å². The summed E-state index contributed by atoms with van der Waals surface area (Å²) in [5.41, 5.74) is 1.27. The first-order valence-electron chi connectivity index (χ1n) is 10.5. The molecule has 1 heterocycles. The van der Waals surface area contributed by atoms with E-state index in [4.69, 9.17) is 4.74 Å². The number of benzene rings is 1. The van der Waals surface area contributed by atoms with Crippen molar-refractivity contribution in [2.75, 3.05) is 6.61 Å². The molecule has 0 spiro atoms. The molecule has 1 atom stereocenters. The minimum Gasteiger partial charge on any atom is -0.493 e. The third-order valence-corrected chi connectivity index (χ3v) is 4.31. The molecular weight excluding hydrogens is 452 g/mol. The molecule has 0 radical (unpaired) electrons. The SMILES string of the molecule is CC#CC#CC#CC#CC#CC#CC#Cc1cccc(OCC)c1C1NC(=O)NC(C)=C1C(=O)C=O.[HH].[HH].[HH].[HH].[HH].[HH].[HH].[HH].[HH].[HH].[HH].[HH].[HH]. The summed E-state index contributed by atoms with van der Waals surface area (Å²) >= 11 is 0. The molecule has 36 heavy (non-hydrogen) atoms. The van der Waals surface area contributed by atoms with E-state index in [1.165, 1.54) is 0 Å². The van der Waals surface area contributed by atoms with Gasteiger partial charge in [0.05, 0.1) is 12.6 Å². The number of ketones is 1. The lowest BCUT2D eigenvalue weighted by Gasteiger charge is -2.29. The zero-order valence-corrected chi connectivity index (χ0v) is 19.7. The molecule has 1 aromatic rings. The molecule has 2 N–H and O–H groups in total. The molecule has 0 fully saturated rings. The van der Waals surface area contributed by atoms with Crippen LogP contribution in [-0.2, 0) is 9.59 Å². The van der Waals surface area contributed by atoms with Gasteiger partial charge in [-0.25, -0.2) is 4.79 Å². The smallest absolute Gasteiger partial charge is 0.319 e. The Kier molecular flexibility index (Phi) is 10.6. The van der Waals surface area contributed by atoms with Crippen molar-refractivity contribution in [2.45, 2.75) is 26.8 Å². The molecule has 0 aromatic heterocycles. The highest BCUT2D eigenvalue weighted by molar-refractivity contribution is 6.34. The van der Waals surface area contributed by atoms with Crippen molar-refractivity contribution in [3.05, 3.63) is 40.6 Å². The number of Topliss-reactive ketones (excluding diaryl/α,β-unsaturated/α-hetero) is 1. The fraction of sp³-hybridized carbons (Fsp3) is 0.167. The highest BCUT2D eigenvalue weighted by atomic mass is 16.5. The van der Waals surface area contributed by atoms with Gasteiger partial charge in [-0.05, 0) is 104 Å². The molecule has 1 aromatic carbocycles. The van der Waals surface area contributed by atoms with Crippen molar-refractivity contribution in [2.24, 2.45) is 0 Å². The van der Waals surface area contributed by atoms with E-state index in [2.05, 4.69) is 93.5 Å². The second-order valence-electron chi connectivity index (χ2n) is 6.58. The number of urea groups is 1. The van der Waals surface area contributed by atoms with E-state index < -0.39 is 17.9 Å². The average Bonchev–Trinajstić information content (AvgIpc) is 2.86.